The number of hydrogen-bond acceptors (Lipinski definition) is 7. The molecule has 5 atom stereocenters. The minimum Gasteiger partial charge on any atom is -0.455 e. The maximum atomic E-state index is 13.2. The molecule has 0 radical (unpaired) electrons. The van der Waals surface area contributed by atoms with Gasteiger partial charge in [0.2, 0.25) is 0 Å². The van der Waals surface area contributed by atoms with E-state index in [4.69, 9.17) is 18.6 Å². The van der Waals surface area contributed by atoms with Crippen LogP contribution >= 0.6 is 0 Å². The fourth-order valence-electron chi connectivity index (χ4n) is 4.32. The van der Waals surface area contributed by atoms with Crippen molar-refractivity contribution in [2.24, 2.45) is 11.0 Å². The quantitative estimate of drug-likeness (QED) is 0.125. The highest BCUT2D eigenvalue weighted by molar-refractivity contribution is 6.74. The molecule has 3 rings (SSSR count). The molecule has 38 heavy (non-hydrogen) atoms. The van der Waals surface area contributed by atoms with Crippen LogP contribution in [0.4, 0.5) is 0 Å². The molecule has 2 aromatic carbocycles. The Balaban J connectivity index is 1.98. The number of benzene rings is 2. The van der Waals surface area contributed by atoms with Crippen molar-refractivity contribution in [2.45, 2.75) is 83.1 Å². The van der Waals surface area contributed by atoms with E-state index in [1.165, 1.54) is 0 Å². The van der Waals surface area contributed by atoms with Crippen LogP contribution in [0.1, 0.15) is 43.6 Å². The first-order valence-corrected chi connectivity index (χ1v) is 15.8. The van der Waals surface area contributed by atoms with Gasteiger partial charge in [-0.1, -0.05) is 81.3 Å². The van der Waals surface area contributed by atoms with Crippen LogP contribution in [0.25, 0.3) is 10.4 Å². The summed E-state index contributed by atoms with van der Waals surface area (Å²) >= 11 is 0. The van der Waals surface area contributed by atoms with Crippen LogP contribution in [0.3, 0.4) is 0 Å². The van der Waals surface area contributed by atoms with Gasteiger partial charge in [0.15, 0.2) is 14.6 Å². The molecule has 9 nitrogen and oxygen atoms in total. The van der Waals surface area contributed by atoms with Crippen LogP contribution in [0.5, 0.6) is 0 Å². The molecule has 206 valence electrons. The van der Waals surface area contributed by atoms with E-state index in [1.54, 1.807) is 30.3 Å². The zero-order valence-corrected chi connectivity index (χ0v) is 24.0. The Morgan fingerprint density at radius 1 is 1.11 bits per heavy atom. The smallest absolute Gasteiger partial charge is 0.338 e. The summed E-state index contributed by atoms with van der Waals surface area (Å²) in [5.74, 6) is -0.286. The lowest BCUT2D eigenvalue weighted by Gasteiger charge is -2.49. The highest BCUT2D eigenvalue weighted by atomic mass is 28.4. The summed E-state index contributed by atoms with van der Waals surface area (Å²) in [6.45, 7) is 12.5. The third kappa shape index (κ3) is 6.82. The zero-order valence-electron chi connectivity index (χ0n) is 23.0. The average Bonchev–Trinajstić information content (AvgIpc) is 2.90. The predicted molar refractivity (Wildman–Crippen MR) is 147 cm³/mol. The summed E-state index contributed by atoms with van der Waals surface area (Å²) in [6, 6.07) is 17.0. The van der Waals surface area contributed by atoms with Gasteiger partial charge in [-0.05, 0) is 47.3 Å². The molecule has 0 bridgehead atoms. The Morgan fingerprint density at radius 2 is 1.71 bits per heavy atom. The molecular formula is C28H39N3O6Si. The number of carbonyl (C=O) groups is 1. The van der Waals surface area contributed by atoms with E-state index in [2.05, 4.69) is 50.8 Å². The number of aliphatic hydroxyl groups is 1. The first-order valence-electron chi connectivity index (χ1n) is 12.9. The topological polar surface area (TPSA) is 123 Å². The third-order valence-electron chi connectivity index (χ3n) is 7.92. The van der Waals surface area contributed by atoms with Crippen molar-refractivity contribution >= 4 is 14.3 Å². The second-order valence-corrected chi connectivity index (χ2v) is 15.5. The standard InChI is InChI=1S/C28H39N3O6Si/c1-19(2)28(3,4)38(5,6)37-27-23(30-31-29)25(36-26(33)21-15-11-8-12-16-21)24(22(17-32)35-27)34-18-20-13-9-7-10-14-20/h7-16,19,22-25,27,32H,17-18H2,1-6H3/t22-,23-,24+,25-,27+/m1/s1. The van der Waals surface area contributed by atoms with Crippen molar-refractivity contribution in [1.82, 2.24) is 0 Å². The highest BCUT2D eigenvalue weighted by Gasteiger charge is 2.53. The Kier molecular flexibility index (Phi) is 10.1. The summed E-state index contributed by atoms with van der Waals surface area (Å²) in [5, 5.41) is 14.1. The first kappa shape index (κ1) is 29.8. The van der Waals surface area contributed by atoms with Crippen molar-refractivity contribution in [2.75, 3.05) is 6.61 Å². The van der Waals surface area contributed by atoms with Crippen LogP contribution < -0.4 is 0 Å². The second kappa shape index (κ2) is 12.9. The average molecular weight is 542 g/mol. The molecule has 1 aliphatic rings. The minimum absolute atomic E-state index is 0.164. The van der Waals surface area contributed by atoms with Gasteiger partial charge in [-0.3, -0.25) is 0 Å². The molecule has 1 aliphatic heterocycles. The predicted octanol–water partition coefficient (Wildman–Crippen LogP) is 5.85. The van der Waals surface area contributed by atoms with Crippen LogP contribution in [0, 0.1) is 5.92 Å². The first-order chi connectivity index (χ1) is 18.0. The number of ether oxygens (including phenoxy) is 3. The van der Waals surface area contributed by atoms with E-state index in [1.807, 2.05) is 30.3 Å². The number of azide groups is 1. The van der Waals surface area contributed by atoms with E-state index >= 15 is 0 Å². The van der Waals surface area contributed by atoms with Crippen molar-refractivity contribution < 1.29 is 28.5 Å². The molecule has 0 amide bonds. The van der Waals surface area contributed by atoms with Crippen LogP contribution in [0.15, 0.2) is 65.8 Å². The minimum atomic E-state index is -2.49. The van der Waals surface area contributed by atoms with Crippen molar-refractivity contribution in [1.29, 1.82) is 0 Å². The SMILES string of the molecule is CC(C)C(C)(C)[Si](C)(C)O[C@@H]1O[C@H](CO)[C@H](OCc2ccccc2)[C@H](OC(=O)c2ccccc2)[C@H]1N=[N+]=[N-]. The number of hydrogen-bond donors (Lipinski definition) is 1. The maximum absolute atomic E-state index is 13.2. The number of nitrogens with zero attached hydrogens (tertiary/aromatic N) is 3. The summed E-state index contributed by atoms with van der Waals surface area (Å²) < 4.78 is 25.0. The largest absolute Gasteiger partial charge is 0.455 e. The number of rotatable bonds is 11. The van der Waals surface area contributed by atoms with Crippen LogP contribution in [-0.4, -0.2) is 56.6 Å². The third-order valence-corrected chi connectivity index (χ3v) is 12.4. The monoisotopic (exact) mass is 541 g/mol. The van der Waals surface area contributed by atoms with E-state index in [0.29, 0.717) is 11.5 Å². The summed E-state index contributed by atoms with van der Waals surface area (Å²) in [5.41, 5.74) is 10.7. The molecule has 0 aromatic heterocycles. The lowest BCUT2D eigenvalue weighted by molar-refractivity contribution is -0.255. The summed E-state index contributed by atoms with van der Waals surface area (Å²) in [6.07, 6.45) is -3.89. The van der Waals surface area contributed by atoms with E-state index < -0.39 is 51.5 Å². The van der Waals surface area contributed by atoms with Crippen molar-refractivity contribution in [3.8, 4) is 0 Å². The van der Waals surface area contributed by atoms with Gasteiger partial charge in [0.05, 0.1) is 18.8 Å². The van der Waals surface area contributed by atoms with Crippen molar-refractivity contribution in [3.05, 3.63) is 82.2 Å². The molecule has 2 aromatic rings. The van der Waals surface area contributed by atoms with E-state index in [0.717, 1.165) is 5.56 Å². The molecule has 1 saturated heterocycles. The van der Waals surface area contributed by atoms with Crippen LogP contribution in [0.2, 0.25) is 18.1 Å². The number of esters is 1. The van der Waals surface area contributed by atoms with Gasteiger partial charge in [-0.2, -0.15) is 0 Å². The van der Waals surface area contributed by atoms with Gasteiger partial charge in [0, 0.05) is 4.91 Å². The van der Waals surface area contributed by atoms with Gasteiger partial charge < -0.3 is 23.7 Å². The van der Waals surface area contributed by atoms with Crippen molar-refractivity contribution in [3.63, 3.8) is 0 Å². The molecule has 0 unspecified atom stereocenters. The van der Waals surface area contributed by atoms with E-state index in [-0.39, 0.29) is 11.6 Å². The fraction of sp³-hybridized carbons (Fsp3) is 0.536. The lowest BCUT2D eigenvalue weighted by atomic mass is 9.96. The van der Waals surface area contributed by atoms with Gasteiger partial charge in [0.25, 0.3) is 0 Å². The molecule has 0 saturated carbocycles. The molecule has 10 heteroatoms. The Labute approximate surface area is 225 Å². The molecular weight excluding hydrogens is 502 g/mol. The van der Waals surface area contributed by atoms with Gasteiger partial charge in [-0.15, -0.1) is 0 Å². The number of aliphatic hydroxyl groups excluding tert-OH is 1. The highest BCUT2D eigenvalue weighted by Crippen LogP contribution is 2.46. The summed E-state index contributed by atoms with van der Waals surface area (Å²) in [7, 11) is -2.49. The Hall–Kier alpha value is -2.72. The molecule has 1 heterocycles. The van der Waals surface area contributed by atoms with Gasteiger partial charge >= 0.3 is 5.97 Å². The Bertz CT molecular complexity index is 1090. The van der Waals surface area contributed by atoms with Gasteiger partial charge in [-0.25, -0.2) is 4.79 Å². The Morgan fingerprint density at radius 3 is 2.26 bits per heavy atom. The molecule has 0 spiro atoms. The zero-order chi connectivity index (χ0) is 27.9. The fourth-order valence-corrected chi connectivity index (χ4v) is 6.79. The van der Waals surface area contributed by atoms with Gasteiger partial charge in [0.1, 0.15) is 24.4 Å². The normalized spacial score (nSPS) is 24.1. The van der Waals surface area contributed by atoms with E-state index in [9.17, 15) is 15.4 Å². The molecule has 1 fully saturated rings. The van der Waals surface area contributed by atoms with Crippen LogP contribution in [-0.2, 0) is 25.2 Å². The number of carbonyl (C=O) groups excluding carboxylic acids is 1. The maximum Gasteiger partial charge on any atom is 0.338 e. The molecule has 1 N–H and O–H groups in total. The lowest BCUT2D eigenvalue weighted by Crippen LogP contribution is -2.63. The second-order valence-electron chi connectivity index (χ2n) is 10.9. The summed E-state index contributed by atoms with van der Waals surface area (Å²) in [4.78, 5) is 16.2. The molecule has 0 aliphatic carbocycles.